The van der Waals surface area contributed by atoms with Gasteiger partial charge in [-0.25, -0.2) is 8.42 Å². The van der Waals surface area contributed by atoms with Gasteiger partial charge in [0.2, 0.25) is 15.9 Å². The second-order valence-electron chi connectivity index (χ2n) is 6.68. The zero-order valence-corrected chi connectivity index (χ0v) is 16.2. The van der Waals surface area contributed by atoms with Gasteiger partial charge in [0.1, 0.15) is 4.90 Å². The quantitative estimate of drug-likeness (QED) is 0.846. The number of aryl methyl sites for hydroxylation is 2. The standard InChI is InChI=1S/C16H24N6O3S/c1-11-14(8-17-20(11)3)19-16(23)13-6-5-7-22(10-13)26(24,25)15-9-18-21(4)12(15)2/h8-9,13H,5-7,10H2,1-4H3,(H,19,23)/t13-/m1/s1. The summed E-state index contributed by atoms with van der Waals surface area (Å²) in [5.41, 5.74) is 2.09. The lowest BCUT2D eigenvalue weighted by atomic mass is 9.99. The molecule has 1 saturated heterocycles. The van der Waals surface area contributed by atoms with Gasteiger partial charge in [-0.1, -0.05) is 0 Å². The molecular formula is C16H24N6O3S. The van der Waals surface area contributed by atoms with E-state index in [1.807, 2.05) is 6.92 Å². The van der Waals surface area contributed by atoms with Gasteiger partial charge in [0.15, 0.2) is 0 Å². The Morgan fingerprint density at radius 3 is 2.38 bits per heavy atom. The predicted octanol–water partition coefficient (Wildman–Crippen LogP) is 0.810. The average molecular weight is 380 g/mol. The van der Waals surface area contributed by atoms with Crippen molar-refractivity contribution in [3.63, 3.8) is 0 Å². The van der Waals surface area contributed by atoms with Crippen molar-refractivity contribution in [3.05, 3.63) is 23.8 Å². The largest absolute Gasteiger partial charge is 0.323 e. The van der Waals surface area contributed by atoms with Crippen molar-refractivity contribution in [3.8, 4) is 0 Å². The molecule has 2 aromatic rings. The zero-order valence-electron chi connectivity index (χ0n) is 15.4. The molecule has 0 saturated carbocycles. The van der Waals surface area contributed by atoms with E-state index in [9.17, 15) is 13.2 Å². The Bertz CT molecular complexity index is 930. The lowest BCUT2D eigenvalue weighted by molar-refractivity contribution is -0.120. The molecule has 0 aromatic carbocycles. The van der Waals surface area contributed by atoms with E-state index >= 15 is 0 Å². The molecule has 0 bridgehead atoms. The smallest absolute Gasteiger partial charge is 0.246 e. The van der Waals surface area contributed by atoms with Gasteiger partial charge in [0, 0.05) is 27.2 Å². The minimum absolute atomic E-state index is 0.168. The Labute approximate surface area is 153 Å². The highest BCUT2D eigenvalue weighted by Crippen LogP contribution is 2.26. The molecule has 0 spiro atoms. The van der Waals surface area contributed by atoms with E-state index in [0.717, 1.165) is 5.69 Å². The summed E-state index contributed by atoms with van der Waals surface area (Å²) in [6.45, 7) is 4.17. The van der Waals surface area contributed by atoms with Gasteiger partial charge >= 0.3 is 0 Å². The molecule has 0 radical (unpaired) electrons. The molecule has 2 aromatic heterocycles. The lowest BCUT2D eigenvalue weighted by Crippen LogP contribution is -2.43. The Balaban J connectivity index is 1.75. The number of nitrogens with one attached hydrogen (secondary N) is 1. The van der Waals surface area contributed by atoms with Crippen LogP contribution in [0.1, 0.15) is 24.2 Å². The Morgan fingerprint density at radius 1 is 1.15 bits per heavy atom. The molecule has 0 aliphatic carbocycles. The maximum atomic E-state index is 12.9. The number of carbonyl (C=O) groups excluding carboxylic acids is 1. The molecule has 3 rings (SSSR count). The van der Waals surface area contributed by atoms with Crippen LogP contribution in [0.25, 0.3) is 0 Å². The highest BCUT2D eigenvalue weighted by Gasteiger charge is 2.35. The average Bonchev–Trinajstić information content (AvgIpc) is 3.12. The van der Waals surface area contributed by atoms with E-state index in [4.69, 9.17) is 0 Å². The number of hydrogen-bond donors (Lipinski definition) is 1. The van der Waals surface area contributed by atoms with Crippen molar-refractivity contribution in [1.82, 2.24) is 23.9 Å². The second kappa shape index (κ2) is 6.84. The Kier molecular flexibility index (Phi) is 4.89. The highest BCUT2D eigenvalue weighted by atomic mass is 32.2. The van der Waals surface area contributed by atoms with Crippen LogP contribution in [0.2, 0.25) is 0 Å². The van der Waals surface area contributed by atoms with E-state index in [2.05, 4.69) is 15.5 Å². The van der Waals surface area contributed by atoms with Gasteiger partial charge in [-0.15, -0.1) is 0 Å². The molecule has 1 aliphatic heterocycles. The van der Waals surface area contributed by atoms with Crippen molar-refractivity contribution in [1.29, 1.82) is 0 Å². The zero-order chi connectivity index (χ0) is 19.1. The number of aromatic nitrogens is 4. The van der Waals surface area contributed by atoms with E-state index < -0.39 is 15.9 Å². The normalized spacial score (nSPS) is 18.8. The summed E-state index contributed by atoms with van der Waals surface area (Å²) in [6, 6.07) is 0. The van der Waals surface area contributed by atoms with Crippen molar-refractivity contribution in [2.24, 2.45) is 20.0 Å². The summed E-state index contributed by atoms with van der Waals surface area (Å²) in [5, 5.41) is 11.0. The van der Waals surface area contributed by atoms with E-state index in [0.29, 0.717) is 30.8 Å². The van der Waals surface area contributed by atoms with Gasteiger partial charge in [-0.3, -0.25) is 14.2 Å². The first-order valence-electron chi connectivity index (χ1n) is 8.50. The van der Waals surface area contributed by atoms with Crippen LogP contribution >= 0.6 is 0 Å². The number of sulfonamides is 1. The van der Waals surface area contributed by atoms with Crippen molar-refractivity contribution >= 4 is 21.6 Å². The number of hydrogen-bond acceptors (Lipinski definition) is 5. The molecule has 9 nitrogen and oxygen atoms in total. The van der Waals surface area contributed by atoms with E-state index in [1.165, 1.54) is 15.2 Å². The van der Waals surface area contributed by atoms with Crippen LogP contribution in [-0.2, 0) is 28.9 Å². The molecule has 1 N–H and O–H groups in total. The summed E-state index contributed by atoms with van der Waals surface area (Å²) in [7, 11) is -0.155. The molecule has 0 unspecified atom stereocenters. The first kappa shape index (κ1) is 18.6. The van der Waals surface area contributed by atoms with Gasteiger partial charge in [-0.2, -0.15) is 14.5 Å². The number of amides is 1. The third-order valence-corrected chi connectivity index (χ3v) is 7.02. The first-order chi connectivity index (χ1) is 12.2. The van der Waals surface area contributed by atoms with Crippen molar-refractivity contribution in [2.75, 3.05) is 18.4 Å². The molecule has 10 heteroatoms. The molecule has 1 fully saturated rings. The highest BCUT2D eigenvalue weighted by molar-refractivity contribution is 7.89. The molecule has 1 amide bonds. The van der Waals surface area contributed by atoms with Crippen LogP contribution in [-0.4, -0.2) is 51.3 Å². The molecular weight excluding hydrogens is 356 g/mol. The summed E-state index contributed by atoms with van der Waals surface area (Å²) in [4.78, 5) is 12.8. The summed E-state index contributed by atoms with van der Waals surface area (Å²) in [5.74, 6) is -0.570. The van der Waals surface area contributed by atoms with Crippen LogP contribution < -0.4 is 5.32 Å². The van der Waals surface area contributed by atoms with Crippen LogP contribution in [0.4, 0.5) is 5.69 Å². The molecule has 1 aliphatic rings. The van der Waals surface area contributed by atoms with Crippen LogP contribution in [0, 0.1) is 19.8 Å². The molecule has 3 heterocycles. The van der Waals surface area contributed by atoms with E-state index in [1.54, 1.807) is 31.9 Å². The molecule has 1 atom stereocenters. The van der Waals surface area contributed by atoms with Crippen molar-refractivity contribution < 1.29 is 13.2 Å². The first-order valence-corrected chi connectivity index (χ1v) is 9.94. The third-order valence-electron chi connectivity index (χ3n) is 5.06. The third kappa shape index (κ3) is 3.26. The maximum Gasteiger partial charge on any atom is 0.246 e. The van der Waals surface area contributed by atoms with Crippen molar-refractivity contribution in [2.45, 2.75) is 31.6 Å². The SMILES string of the molecule is Cc1c(NC(=O)[C@@H]2CCCN(S(=O)(=O)c3cnn(C)c3C)C2)cnn1C. The Hall–Kier alpha value is -2.20. The lowest BCUT2D eigenvalue weighted by Gasteiger charge is -2.31. The summed E-state index contributed by atoms with van der Waals surface area (Å²) < 4.78 is 30.5. The fraction of sp³-hybridized carbons (Fsp3) is 0.562. The van der Waals surface area contributed by atoms with E-state index in [-0.39, 0.29) is 17.3 Å². The Morgan fingerprint density at radius 2 is 1.81 bits per heavy atom. The number of piperidine rings is 1. The minimum atomic E-state index is -3.66. The topological polar surface area (TPSA) is 102 Å². The summed E-state index contributed by atoms with van der Waals surface area (Å²) in [6.07, 6.45) is 4.27. The van der Waals surface area contributed by atoms with Crippen LogP contribution in [0.3, 0.4) is 0 Å². The van der Waals surface area contributed by atoms with Crippen LogP contribution in [0.15, 0.2) is 17.3 Å². The number of carbonyl (C=O) groups is 1. The fourth-order valence-electron chi connectivity index (χ4n) is 3.10. The predicted molar refractivity (Wildman–Crippen MR) is 96.0 cm³/mol. The summed E-state index contributed by atoms with van der Waals surface area (Å²) >= 11 is 0. The second-order valence-corrected chi connectivity index (χ2v) is 8.58. The maximum absolute atomic E-state index is 12.9. The van der Waals surface area contributed by atoms with Gasteiger partial charge < -0.3 is 5.32 Å². The fourth-order valence-corrected chi connectivity index (χ4v) is 4.81. The van der Waals surface area contributed by atoms with Gasteiger partial charge in [0.25, 0.3) is 0 Å². The van der Waals surface area contributed by atoms with Crippen LogP contribution in [0.5, 0.6) is 0 Å². The van der Waals surface area contributed by atoms with Gasteiger partial charge in [0.05, 0.1) is 35.4 Å². The number of rotatable bonds is 4. The molecule has 142 valence electrons. The minimum Gasteiger partial charge on any atom is -0.323 e. The monoisotopic (exact) mass is 380 g/mol. The number of anilines is 1. The molecule has 26 heavy (non-hydrogen) atoms. The van der Waals surface area contributed by atoms with Gasteiger partial charge in [-0.05, 0) is 26.7 Å². The number of nitrogens with zero attached hydrogens (tertiary/aromatic N) is 5.